The highest BCUT2D eigenvalue weighted by atomic mass is 19.1. The van der Waals surface area contributed by atoms with Crippen LogP contribution in [0.3, 0.4) is 0 Å². The quantitative estimate of drug-likeness (QED) is 0.773. The molecule has 24 heavy (non-hydrogen) atoms. The van der Waals surface area contributed by atoms with Crippen molar-refractivity contribution in [2.45, 2.75) is 12.3 Å². The standard InChI is InChI=1S/C17H14FN5O/c18-11-6-4-10(5-7-11)12-9-13(12)16(24)21-17-20-15(22-23-17)14-3-1-2-8-19-14/h1-8,12-13H,9H2,(H2,20,21,22,23,24)/t12-,13-/m0/s1. The highest BCUT2D eigenvalue weighted by Gasteiger charge is 2.44. The number of nitrogens with one attached hydrogen (secondary N) is 2. The number of anilines is 1. The van der Waals surface area contributed by atoms with Crippen molar-refractivity contribution in [3.63, 3.8) is 0 Å². The molecule has 4 rings (SSSR count). The van der Waals surface area contributed by atoms with E-state index in [4.69, 9.17) is 0 Å². The summed E-state index contributed by atoms with van der Waals surface area (Å²) < 4.78 is 13.0. The van der Waals surface area contributed by atoms with E-state index in [9.17, 15) is 9.18 Å². The Morgan fingerprint density at radius 2 is 2.04 bits per heavy atom. The number of aromatic amines is 1. The van der Waals surface area contributed by atoms with Crippen molar-refractivity contribution in [2.24, 2.45) is 5.92 Å². The number of nitrogens with zero attached hydrogens (tertiary/aromatic N) is 3. The van der Waals surface area contributed by atoms with Crippen LogP contribution in [-0.4, -0.2) is 26.1 Å². The number of rotatable bonds is 4. The molecule has 2 heterocycles. The lowest BCUT2D eigenvalue weighted by molar-refractivity contribution is -0.117. The second-order valence-corrected chi connectivity index (χ2v) is 5.71. The third kappa shape index (κ3) is 2.88. The van der Waals surface area contributed by atoms with Gasteiger partial charge in [0.25, 0.3) is 0 Å². The van der Waals surface area contributed by atoms with E-state index in [1.807, 2.05) is 12.1 Å². The summed E-state index contributed by atoms with van der Waals surface area (Å²) in [5, 5.41) is 9.46. The fourth-order valence-corrected chi connectivity index (χ4v) is 2.70. The first-order valence-electron chi connectivity index (χ1n) is 7.61. The molecule has 2 atom stereocenters. The molecule has 120 valence electrons. The van der Waals surface area contributed by atoms with Crippen LogP contribution in [0.4, 0.5) is 10.3 Å². The van der Waals surface area contributed by atoms with Gasteiger partial charge in [0.2, 0.25) is 11.9 Å². The summed E-state index contributed by atoms with van der Waals surface area (Å²) in [6, 6.07) is 11.7. The lowest BCUT2D eigenvalue weighted by Gasteiger charge is -2.01. The zero-order chi connectivity index (χ0) is 16.5. The fraction of sp³-hybridized carbons (Fsp3) is 0.176. The Morgan fingerprint density at radius 3 is 2.79 bits per heavy atom. The van der Waals surface area contributed by atoms with Crippen LogP contribution < -0.4 is 5.32 Å². The van der Waals surface area contributed by atoms with Gasteiger partial charge in [-0.2, -0.15) is 4.98 Å². The lowest BCUT2D eigenvalue weighted by atomic mass is 10.1. The average molecular weight is 323 g/mol. The third-order valence-electron chi connectivity index (χ3n) is 4.05. The predicted molar refractivity (Wildman–Crippen MR) is 85.5 cm³/mol. The van der Waals surface area contributed by atoms with Gasteiger partial charge >= 0.3 is 0 Å². The largest absolute Gasteiger partial charge is 0.293 e. The van der Waals surface area contributed by atoms with Crippen molar-refractivity contribution in [1.82, 2.24) is 20.2 Å². The number of carbonyl (C=O) groups excluding carboxylic acids is 1. The van der Waals surface area contributed by atoms with E-state index >= 15 is 0 Å². The molecule has 1 saturated carbocycles. The Balaban J connectivity index is 1.41. The van der Waals surface area contributed by atoms with Gasteiger partial charge < -0.3 is 0 Å². The first-order chi connectivity index (χ1) is 11.7. The SMILES string of the molecule is O=C(Nc1n[nH]c(-c2ccccn2)n1)[C@H]1C[C@H]1c1ccc(F)cc1. The van der Waals surface area contributed by atoms with E-state index in [1.54, 1.807) is 24.4 Å². The highest BCUT2D eigenvalue weighted by molar-refractivity contribution is 5.93. The second-order valence-electron chi connectivity index (χ2n) is 5.71. The number of amides is 1. The number of carbonyl (C=O) groups is 1. The Morgan fingerprint density at radius 1 is 1.21 bits per heavy atom. The maximum atomic E-state index is 13.0. The molecular formula is C17H14FN5O. The van der Waals surface area contributed by atoms with Crippen LogP contribution in [0, 0.1) is 11.7 Å². The van der Waals surface area contributed by atoms with Gasteiger partial charge in [-0.25, -0.2) is 4.39 Å². The summed E-state index contributed by atoms with van der Waals surface area (Å²) >= 11 is 0. The summed E-state index contributed by atoms with van der Waals surface area (Å²) in [6.45, 7) is 0. The number of halogens is 1. The molecule has 1 amide bonds. The van der Waals surface area contributed by atoms with Gasteiger partial charge in [-0.1, -0.05) is 18.2 Å². The molecule has 3 aromatic rings. The molecule has 1 aromatic carbocycles. The van der Waals surface area contributed by atoms with E-state index < -0.39 is 0 Å². The normalized spacial score (nSPS) is 19.0. The highest BCUT2D eigenvalue weighted by Crippen LogP contribution is 2.47. The third-order valence-corrected chi connectivity index (χ3v) is 4.05. The van der Waals surface area contributed by atoms with Gasteiger partial charge in [0, 0.05) is 12.1 Å². The van der Waals surface area contributed by atoms with Crippen LogP contribution in [0.2, 0.25) is 0 Å². The zero-order valence-electron chi connectivity index (χ0n) is 12.6. The van der Waals surface area contributed by atoms with Crippen LogP contribution in [0.25, 0.3) is 11.5 Å². The lowest BCUT2D eigenvalue weighted by Crippen LogP contribution is -2.15. The minimum Gasteiger partial charge on any atom is -0.293 e. The van der Waals surface area contributed by atoms with E-state index in [0.717, 1.165) is 12.0 Å². The summed E-state index contributed by atoms with van der Waals surface area (Å²) in [7, 11) is 0. The number of hydrogen-bond acceptors (Lipinski definition) is 4. The molecule has 2 N–H and O–H groups in total. The maximum absolute atomic E-state index is 13.0. The molecule has 0 aliphatic heterocycles. The molecular weight excluding hydrogens is 309 g/mol. The monoisotopic (exact) mass is 323 g/mol. The van der Waals surface area contributed by atoms with Crippen molar-refractivity contribution < 1.29 is 9.18 Å². The number of aromatic nitrogens is 4. The van der Waals surface area contributed by atoms with E-state index in [2.05, 4.69) is 25.5 Å². The van der Waals surface area contributed by atoms with Gasteiger partial charge in [-0.15, -0.1) is 5.10 Å². The molecule has 1 aliphatic rings. The minimum atomic E-state index is -0.275. The van der Waals surface area contributed by atoms with E-state index in [1.165, 1.54) is 12.1 Å². The Kier molecular flexibility index (Phi) is 3.53. The number of pyridine rings is 1. The Labute approximate surface area is 137 Å². The molecule has 0 saturated heterocycles. The molecule has 0 unspecified atom stereocenters. The second kappa shape index (κ2) is 5.84. The van der Waals surface area contributed by atoms with Crippen molar-refractivity contribution in [1.29, 1.82) is 0 Å². The summed E-state index contributed by atoms with van der Waals surface area (Å²) in [4.78, 5) is 20.7. The van der Waals surface area contributed by atoms with Crippen molar-refractivity contribution in [3.8, 4) is 11.5 Å². The van der Waals surface area contributed by atoms with Gasteiger partial charge in [-0.05, 0) is 42.2 Å². The van der Waals surface area contributed by atoms with Crippen molar-refractivity contribution in [2.75, 3.05) is 5.32 Å². The van der Waals surface area contributed by atoms with E-state index in [0.29, 0.717) is 11.5 Å². The fourth-order valence-electron chi connectivity index (χ4n) is 2.70. The smallest absolute Gasteiger partial charge is 0.249 e. The summed E-state index contributed by atoms with van der Waals surface area (Å²) in [6.07, 6.45) is 2.41. The first-order valence-corrected chi connectivity index (χ1v) is 7.61. The number of benzene rings is 1. The first kappa shape index (κ1) is 14.5. The summed E-state index contributed by atoms with van der Waals surface area (Å²) in [5.74, 6) is 0.313. The molecule has 2 aromatic heterocycles. The molecule has 0 bridgehead atoms. The molecule has 0 radical (unpaired) electrons. The molecule has 1 aliphatic carbocycles. The van der Waals surface area contributed by atoms with Gasteiger partial charge in [0.1, 0.15) is 11.5 Å². The van der Waals surface area contributed by atoms with E-state index in [-0.39, 0.29) is 29.5 Å². The number of H-pyrrole nitrogens is 1. The molecule has 6 nitrogen and oxygen atoms in total. The van der Waals surface area contributed by atoms with Crippen LogP contribution in [0.15, 0.2) is 48.7 Å². The minimum absolute atomic E-state index is 0.125. The Bertz CT molecular complexity index is 862. The van der Waals surface area contributed by atoms with Gasteiger partial charge in [-0.3, -0.25) is 20.2 Å². The predicted octanol–water partition coefficient (Wildman–Crippen LogP) is 2.75. The molecule has 0 spiro atoms. The van der Waals surface area contributed by atoms with Crippen LogP contribution in [0.1, 0.15) is 17.9 Å². The Hall–Kier alpha value is -3.09. The topological polar surface area (TPSA) is 83.6 Å². The van der Waals surface area contributed by atoms with Crippen LogP contribution in [-0.2, 0) is 4.79 Å². The number of hydrogen-bond donors (Lipinski definition) is 2. The van der Waals surface area contributed by atoms with Crippen molar-refractivity contribution >= 4 is 11.9 Å². The van der Waals surface area contributed by atoms with Gasteiger partial charge in [0.15, 0.2) is 5.82 Å². The van der Waals surface area contributed by atoms with Crippen molar-refractivity contribution in [3.05, 3.63) is 60.0 Å². The molecule has 1 fully saturated rings. The van der Waals surface area contributed by atoms with Crippen LogP contribution >= 0.6 is 0 Å². The van der Waals surface area contributed by atoms with Crippen LogP contribution in [0.5, 0.6) is 0 Å². The average Bonchev–Trinajstić information content (AvgIpc) is 3.28. The zero-order valence-corrected chi connectivity index (χ0v) is 12.6. The maximum Gasteiger partial charge on any atom is 0.249 e. The summed E-state index contributed by atoms with van der Waals surface area (Å²) in [5.41, 5.74) is 1.63. The molecule has 7 heteroatoms. The van der Waals surface area contributed by atoms with Gasteiger partial charge in [0.05, 0.1) is 0 Å².